The van der Waals surface area contributed by atoms with E-state index in [2.05, 4.69) is 41.5 Å². The molecule has 1 aromatic carbocycles. The summed E-state index contributed by atoms with van der Waals surface area (Å²) in [5.74, 6) is 1.69. The van der Waals surface area contributed by atoms with Crippen molar-refractivity contribution in [3.05, 3.63) is 41.9 Å². The summed E-state index contributed by atoms with van der Waals surface area (Å²) in [4.78, 5) is 4.40. The molecule has 2 heterocycles. The van der Waals surface area contributed by atoms with Gasteiger partial charge in [-0.1, -0.05) is 37.6 Å². The van der Waals surface area contributed by atoms with E-state index >= 15 is 0 Å². The molecule has 0 spiro atoms. The molecule has 1 aliphatic heterocycles. The van der Waals surface area contributed by atoms with Crippen LogP contribution in [-0.2, 0) is 6.42 Å². The van der Waals surface area contributed by atoms with Crippen molar-refractivity contribution in [1.29, 1.82) is 0 Å². The molecule has 3 rings (SSSR count). The van der Waals surface area contributed by atoms with Crippen LogP contribution in [0.5, 0.6) is 0 Å². The number of hydrogen-bond acceptors (Lipinski definition) is 3. The van der Waals surface area contributed by atoms with Crippen molar-refractivity contribution in [2.75, 3.05) is 6.54 Å². The Kier molecular flexibility index (Phi) is 3.65. The highest BCUT2D eigenvalue weighted by molar-refractivity contribution is 5.56. The zero-order valence-electron chi connectivity index (χ0n) is 11.4. The van der Waals surface area contributed by atoms with Crippen LogP contribution >= 0.6 is 0 Å². The average molecular weight is 256 g/mol. The maximum atomic E-state index is 5.88. The molecule has 0 saturated carbocycles. The number of oxazole rings is 1. The highest BCUT2D eigenvalue weighted by Crippen LogP contribution is 2.27. The first kappa shape index (κ1) is 12.4. The standard InChI is InChI=1S/C16H20N2O/c1-2-4-12-6-8-13(9-7-12)15-11-18-16(19-15)14-5-3-10-17-14/h6-9,11,14,17H,2-5,10H2,1H3. The molecule has 0 amide bonds. The molecule has 3 nitrogen and oxygen atoms in total. The molecule has 3 heteroatoms. The molecule has 0 aliphatic carbocycles. The first-order chi connectivity index (χ1) is 9.36. The van der Waals surface area contributed by atoms with Gasteiger partial charge in [-0.05, 0) is 31.4 Å². The number of aromatic nitrogens is 1. The van der Waals surface area contributed by atoms with E-state index in [0.29, 0.717) is 6.04 Å². The SMILES string of the molecule is CCCc1ccc(-c2cnc(C3CCCN3)o2)cc1. The summed E-state index contributed by atoms with van der Waals surface area (Å²) in [5.41, 5.74) is 2.49. The molecule has 1 aliphatic rings. The molecule has 0 radical (unpaired) electrons. The third-order valence-corrected chi connectivity index (χ3v) is 3.66. The molecular weight excluding hydrogens is 236 g/mol. The largest absolute Gasteiger partial charge is 0.439 e. The summed E-state index contributed by atoms with van der Waals surface area (Å²) < 4.78 is 5.88. The fourth-order valence-corrected chi connectivity index (χ4v) is 2.60. The first-order valence-electron chi connectivity index (χ1n) is 7.15. The summed E-state index contributed by atoms with van der Waals surface area (Å²) in [6, 6.07) is 8.89. The summed E-state index contributed by atoms with van der Waals surface area (Å²) >= 11 is 0. The van der Waals surface area contributed by atoms with Gasteiger partial charge in [0.25, 0.3) is 0 Å². The lowest BCUT2D eigenvalue weighted by molar-refractivity contribution is 0.437. The fourth-order valence-electron chi connectivity index (χ4n) is 2.60. The predicted molar refractivity (Wildman–Crippen MR) is 75.9 cm³/mol. The Morgan fingerprint density at radius 1 is 1.32 bits per heavy atom. The zero-order chi connectivity index (χ0) is 13.1. The van der Waals surface area contributed by atoms with E-state index in [1.165, 1.54) is 18.4 Å². The maximum absolute atomic E-state index is 5.88. The lowest BCUT2D eigenvalue weighted by Crippen LogP contribution is -2.12. The van der Waals surface area contributed by atoms with Crippen molar-refractivity contribution < 1.29 is 4.42 Å². The first-order valence-corrected chi connectivity index (χ1v) is 7.15. The summed E-state index contributed by atoms with van der Waals surface area (Å²) in [6.07, 6.45) is 6.47. The number of benzene rings is 1. The predicted octanol–water partition coefficient (Wildman–Crippen LogP) is 3.72. The van der Waals surface area contributed by atoms with Gasteiger partial charge >= 0.3 is 0 Å². The highest BCUT2D eigenvalue weighted by atomic mass is 16.4. The van der Waals surface area contributed by atoms with Gasteiger partial charge in [0.15, 0.2) is 5.76 Å². The molecule has 19 heavy (non-hydrogen) atoms. The van der Waals surface area contributed by atoms with Gasteiger partial charge in [-0.3, -0.25) is 0 Å². The second-order valence-corrected chi connectivity index (χ2v) is 5.16. The summed E-state index contributed by atoms with van der Waals surface area (Å²) in [7, 11) is 0. The Labute approximate surface area is 114 Å². The Morgan fingerprint density at radius 2 is 2.16 bits per heavy atom. The second kappa shape index (κ2) is 5.57. The molecular formula is C16H20N2O. The van der Waals surface area contributed by atoms with Gasteiger partial charge in [0.2, 0.25) is 5.89 Å². The van der Waals surface area contributed by atoms with Gasteiger partial charge in [-0.15, -0.1) is 0 Å². The molecule has 2 aromatic rings. The van der Waals surface area contributed by atoms with Gasteiger partial charge < -0.3 is 9.73 Å². The molecule has 100 valence electrons. The van der Waals surface area contributed by atoms with Crippen molar-refractivity contribution in [3.8, 4) is 11.3 Å². The number of nitrogens with one attached hydrogen (secondary N) is 1. The van der Waals surface area contributed by atoms with E-state index in [9.17, 15) is 0 Å². The molecule has 1 unspecified atom stereocenters. The molecule has 0 bridgehead atoms. The second-order valence-electron chi connectivity index (χ2n) is 5.16. The number of aryl methyl sites for hydroxylation is 1. The number of nitrogens with zero attached hydrogens (tertiary/aromatic N) is 1. The van der Waals surface area contributed by atoms with Crippen molar-refractivity contribution in [1.82, 2.24) is 10.3 Å². The minimum absolute atomic E-state index is 0.299. The quantitative estimate of drug-likeness (QED) is 0.906. The molecule has 1 saturated heterocycles. The van der Waals surface area contributed by atoms with E-state index < -0.39 is 0 Å². The van der Waals surface area contributed by atoms with Crippen LogP contribution in [0.2, 0.25) is 0 Å². The minimum atomic E-state index is 0.299. The fraction of sp³-hybridized carbons (Fsp3) is 0.438. The van der Waals surface area contributed by atoms with Crippen LogP contribution < -0.4 is 5.32 Å². The van der Waals surface area contributed by atoms with Gasteiger partial charge in [-0.2, -0.15) is 0 Å². The molecule has 1 aromatic heterocycles. The highest BCUT2D eigenvalue weighted by Gasteiger charge is 2.21. The van der Waals surface area contributed by atoms with Crippen molar-refractivity contribution in [2.24, 2.45) is 0 Å². The van der Waals surface area contributed by atoms with Gasteiger partial charge in [-0.25, -0.2) is 4.98 Å². The van der Waals surface area contributed by atoms with Gasteiger partial charge in [0.05, 0.1) is 12.2 Å². The molecule has 1 fully saturated rings. The van der Waals surface area contributed by atoms with E-state index in [1.807, 2.05) is 6.20 Å². The third kappa shape index (κ3) is 2.71. The smallest absolute Gasteiger partial charge is 0.212 e. The molecule has 1 N–H and O–H groups in total. The number of hydrogen-bond donors (Lipinski definition) is 1. The maximum Gasteiger partial charge on any atom is 0.212 e. The molecule has 1 atom stereocenters. The van der Waals surface area contributed by atoms with Crippen molar-refractivity contribution >= 4 is 0 Å². The Bertz CT molecular complexity index is 524. The van der Waals surface area contributed by atoms with Crippen molar-refractivity contribution in [2.45, 2.75) is 38.6 Å². The Morgan fingerprint density at radius 3 is 2.84 bits per heavy atom. The van der Waals surface area contributed by atoms with Crippen LogP contribution in [0.15, 0.2) is 34.9 Å². The van der Waals surface area contributed by atoms with Crippen LogP contribution in [0.3, 0.4) is 0 Å². The summed E-state index contributed by atoms with van der Waals surface area (Å²) in [5, 5.41) is 3.41. The lowest BCUT2D eigenvalue weighted by atomic mass is 10.1. The van der Waals surface area contributed by atoms with Gasteiger partial charge in [0, 0.05) is 5.56 Å². The lowest BCUT2D eigenvalue weighted by Gasteiger charge is -2.04. The summed E-state index contributed by atoms with van der Waals surface area (Å²) in [6.45, 7) is 3.26. The van der Waals surface area contributed by atoms with Gasteiger partial charge in [0.1, 0.15) is 0 Å². The van der Waals surface area contributed by atoms with Crippen LogP contribution in [0, 0.1) is 0 Å². The van der Waals surface area contributed by atoms with Crippen LogP contribution in [0.1, 0.15) is 43.7 Å². The Hall–Kier alpha value is -1.61. The van der Waals surface area contributed by atoms with Crippen LogP contribution in [0.4, 0.5) is 0 Å². The van der Waals surface area contributed by atoms with E-state index in [-0.39, 0.29) is 0 Å². The topological polar surface area (TPSA) is 38.1 Å². The monoisotopic (exact) mass is 256 g/mol. The van der Waals surface area contributed by atoms with Crippen LogP contribution in [0.25, 0.3) is 11.3 Å². The zero-order valence-corrected chi connectivity index (χ0v) is 11.4. The number of rotatable bonds is 4. The average Bonchev–Trinajstić information content (AvgIpc) is 3.11. The van der Waals surface area contributed by atoms with Crippen LogP contribution in [-0.4, -0.2) is 11.5 Å². The van der Waals surface area contributed by atoms with E-state index in [4.69, 9.17) is 4.42 Å². The normalized spacial score (nSPS) is 18.9. The van der Waals surface area contributed by atoms with E-state index in [1.54, 1.807) is 0 Å². The third-order valence-electron chi connectivity index (χ3n) is 3.66. The Balaban J connectivity index is 1.77. The van der Waals surface area contributed by atoms with E-state index in [0.717, 1.165) is 36.6 Å². The minimum Gasteiger partial charge on any atom is -0.439 e. The van der Waals surface area contributed by atoms with Crippen molar-refractivity contribution in [3.63, 3.8) is 0 Å².